The molecule has 0 amide bonds. The van der Waals surface area contributed by atoms with Gasteiger partial charge in [-0.3, -0.25) is 9.97 Å². The van der Waals surface area contributed by atoms with Gasteiger partial charge in [-0.05, 0) is 24.6 Å². The van der Waals surface area contributed by atoms with Crippen molar-refractivity contribution in [2.75, 3.05) is 0 Å². The first-order chi connectivity index (χ1) is 10.6. The van der Waals surface area contributed by atoms with Crippen LogP contribution in [0.1, 0.15) is 29.8 Å². The maximum Gasteiger partial charge on any atom is 0.423 e. The third-order valence-corrected chi connectivity index (χ3v) is 4.22. The first kappa shape index (κ1) is 18.0. The molecule has 0 aliphatic rings. The summed E-state index contributed by atoms with van der Waals surface area (Å²) in [5.41, 5.74) is -3.27. The van der Waals surface area contributed by atoms with E-state index < -0.39 is 23.4 Å². The van der Waals surface area contributed by atoms with E-state index >= 15 is 0 Å². The molecule has 0 bridgehead atoms. The molecule has 2 unspecified atom stereocenters. The van der Waals surface area contributed by atoms with Crippen molar-refractivity contribution < 1.29 is 18.3 Å². The van der Waals surface area contributed by atoms with Gasteiger partial charge in [0, 0.05) is 22.2 Å². The van der Waals surface area contributed by atoms with E-state index in [2.05, 4.69) is 9.97 Å². The molecule has 0 radical (unpaired) electrons. The average molecular weight is 365 g/mol. The minimum Gasteiger partial charge on any atom is -0.375 e. The van der Waals surface area contributed by atoms with Gasteiger partial charge in [0.15, 0.2) is 0 Å². The fraction of sp³-hybridized carbons (Fsp3) is 0.333. The Balaban J connectivity index is 2.60. The zero-order chi connectivity index (χ0) is 17.4. The number of aliphatic hydroxyl groups is 1. The number of alkyl halides is 3. The van der Waals surface area contributed by atoms with Crippen molar-refractivity contribution in [2.24, 2.45) is 0 Å². The van der Waals surface area contributed by atoms with Crippen molar-refractivity contribution in [3.63, 3.8) is 0 Å². The van der Waals surface area contributed by atoms with Crippen molar-refractivity contribution in [3.05, 3.63) is 57.6 Å². The van der Waals surface area contributed by atoms with Gasteiger partial charge < -0.3 is 5.11 Å². The lowest BCUT2D eigenvalue weighted by molar-refractivity contribution is -0.276. The molecule has 0 saturated carbocycles. The summed E-state index contributed by atoms with van der Waals surface area (Å²) in [4.78, 5) is 7.50. The smallest absolute Gasteiger partial charge is 0.375 e. The Bertz CT molecular complexity index is 707. The molecule has 124 valence electrons. The number of nitrogens with zero attached hydrogens (tertiary/aromatic N) is 2. The van der Waals surface area contributed by atoms with Gasteiger partial charge >= 0.3 is 6.18 Å². The molecule has 1 aromatic carbocycles. The first-order valence-corrected chi connectivity index (χ1v) is 7.36. The van der Waals surface area contributed by atoms with E-state index in [4.69, 9.17) is 23.2 Å². The highest BCUT2D eigenvalue weighted by Gasteiger charge is 2.60. The Morgan fingerprint density at radius 1 is 1.13 bits per heavy atom. The second-order valence-electron chi connectivity index (χ2n) is 5.19. The zero-order valence-electron chi connectivity index (χ0n) is 12.2. The molecular formula is C15H13Cl2F3N2O. The highest BCUT2D eigenvalue weighted by atomic mass is 35.5. The maximum absolute atomic E-state index is 13.7. The number of rotatable bonds is 3. The lowest BCUT2D eigenvalue weighted by Gasteiger charge is -2.35. The van der Waals surface area contributed by atoms with E-state index in [9.17, 15) is 18.3 Å². The van der Waals surface area contributed by atoms with Gasteiger partial charge in [-0.1, -0.05) is 36.2 Å². The van der Waals surface area contributed by atoms with Crippen LogP contribution < -0.4 is 0 Å². The minimum absolute atomic E-state index is 0.0349. The summed E-state index contributed by atoms with van der Waals surface area (Å²) in [6.07, 6.45) is -2.88. The Morgan fingerprint density at radius 3 is 2.26 bits per heavy atom. The molecule has 0 fully saturated rings. The largest absolute Gasteiger partial charge is 0.423 e. The Kier molecular flexibility index (Phi) is 4.89. The van der Waals surface area contributed by atoms with Crippen LogP contribution in [0.15, 0.2) is 30.6 Å². The molecular weight excluding hydrogens is 352 g/mol. The fourth-order valence-electron chi connectivity index (χ4n) is 2.28. The molecule has 0 aliphatic heterocycles. The standard InChI is InChI=1S/C15H13Cl2F3N2O/c1-8-6-22-13(7-21-8)14(23,15(18,19)20)9(2)11-4-3-10(16)5-12(11)17/h3-7,9,23H,1-2H3. The number of hydrogen-bond acceptors (Lipinski definition) is 3. The Hall–Kier alpha value is -1.37. The van der Waals surface area contributed by atoms with Gasteiger partial charge in [-0.2, -0.15) is 13.2 Å². The molecule has 1 N–H and O–H groups in total. The number of aromatic nitrogens is 2. The predicted octanol–water partition coefficient (Wildman–Crippen LogP) is 4.65. The molecule has 8 heteroatoms. The summed E-state index contributed by atoms with van der Waals surface area (Å²) >= 11 is 11.8. The van der Waals surface area contributed by atoms with E-state index in [1.807, 2.05) is 0 Å². The quantitative estimate of drug-likeness (QED) is 0.862. The van der Waals surface area contributed by atoms with Crippen molar-refractivity contribution in [2.45, 2.75) is 31.5 Å². The van der Waals surface area contributed by atoms with Crippen LogP contribution in [-0.4, -0.2) is 21.3 Å². The van der Waals surface area contributed by atoms with E-state index in [-0.39, 0.29) is 15.6 Å². The van der Waals surface area contributed by atoms with Crippen molar-refractivity contribution in [1.82, 2.24) is 9.97 Å². The van der Waals surface area contributed by atoms with Crippen LogP contribution >= 0.6 is 23.2 Å². The topological polar surface area (TPSA) is 46.0 Å². The number of aryl methyl sites for hydroxylation is 1. The highest BCUT2D eigenvalue weighted by Crippen LogP contribution is 2.49. The molecule has 2 rings (SSSR count). The first-order valence-electron chi connectivity index (χ1n) is 6.60. The van der Waals surface area contributed by atoms with E-state index in [0.717, 1.165) is 6.20 Å². The van der Waals surface area contributed by atoms with Gasteiger partial charge in [-0.25, -0.2) is 0 Å². The molecule has 1 heterocycles. The molecule has 0 saturated heterocycles. The van der Waals surface area contributed by atoms with Crippen LogP contribution in [0.25, 0.3) is 0 Å². The fourth-order valence-corrected chi connectivity index (χ4v) is 2.85. The summed E-state index contributed by atoms with van der Waals surface area (Å²) in [6.45, 7) is 2.81. The summed E-state index contributed by atoms with van der Waals surface area (Å²) in [5, 5.41) is 10.8. The van der Waals surface area contributed by atoms with Gasteiger partial charge in [-0.15, -0.1) is 0 Å². The van der Waals surface area contributed by atoms with Crippen LogP contribution in [0, 0.1) is 6.92 Å². The lowest BCUT2D eigenvalue weighted by atomic mass is 9.80. The third-order valence-electron chi connectivity index (χ3n) is 3.66. The summed E-state index contributed by atoms with van der Waals surface area (Å²) in [5.74, 6) is -1.41. The Labute approximate surface area is 141 Å². The molecule has 1 aromatic heterocycles. The van der Waals surface area contributed by atoms with Gasteiger partial charge in [0.2, 0.25) is 5.60 Å². The number of hydrogen-bond donors (Lipinski definition) is 1. The second-order valence-corrected chi connectivity index (χ2v) is 6.04. The summed E-state index contributed by atoms with van der Waals surface area (Å²) in [6, 6.07) is 4.09. The average Bonchev–Trinajstić information content (AvgIpc) is 2.45. The predicted molar refractivity (Wildman–Crippen MR) is 81.6 cm³/mol. The molecule has 3 nitrogen and oxygen atoms in total. The Morgan fingerprint density at radius 2 is 1.78 bits per heavy atom. The number of halogens is 5. The molecule has 0 aliphatic carbocycles. The molecule has 0 spiro atoms. The minimum atomic E-state index is -4.97. The van der Waals surface area contributed by atoms with Crippen LogP contribution in [0.2, 0.25) is 10.0 Å². The van der Waals surface area contributed by atoms with Gasteiger partial charge in [0.05, 0.1) is 11.9 Å². The number of benzene rings is 1. The van der Waals surface area contributed by atoms with Gasteiger partial charge in [0.25, 0.3) is 0 Å². The van der Waals surface area contributed by atoms with Crippen LogP contribution in [0.4, 0.5) is 13.2 Å². The maximum atomic E-state index is 13.7. The van der Waals surface area contributed by atoms with Crippen molar-refractivity contribution >= 4 is 23.2 Å². The van der Waals surface area contributed by atoms with E-state index in [1.165, 1.54) is 31.3 Å². The monoisotopic (exact) mass is 364 g/mol. The summed E-state index contributed by atoms with van der Waals surface area (Å²) in [7, 11) is 0. The highest BCUT2D eigenvalue weighted by molar-refractivity contribution is 6.35. The van der Waals surface area contributed by atoms with E-state index in [0.29, 0.717) is 5.69 Å². The molecule has 23 heavy (non-hydrogen) atoms. The normalized spacial score (nSPS) is 16.0. The van der Waals surface area contributed by atoms with Crippen LogP contribution in [0.3, 0.4) is 0 Å². The van der Waals surface area contributed by atoms with Crippen LogP contribution in [-0.2, 0) is 5.60 Å². The van der Waals surface area contributed by atoms with E-state index in [1.54, 1.807) is 6.92 Å². The summed E-state index contributed by atoms with van der Waals surface area (Å²) < 4.78 is 41.0. The van der Waals surface area contributed by atoms with Crippen molar-refractivity contribution in [1.29, 1.82) is 0 Å². The third kappa shape index (κ3) is 3.29. The van der Waals surface area contributed by atoms with Gasteiger partial charge in [0.1, 0.15) is 5.69 Å². The SMILES string of the molecule is Cc1cnc(C(O)(C(C)c2ccc(Cl)cc2Cl)C(F)(F)F)cn1. The lowest BCUT2D eigenvalue weighted by Crippen LogP contribution is -2.47. The van der Waals surface area contributed by atoms with Crippen LogP contribution in [0.5, 0.6) is 0 Å². The molecule has 2 aromatic rings. The second kappa shape index (κ2) is 6.26. The van der Waals surface area contributed by atoms with Crippen molar-refractivity contribution in [3.8, 4) is 0 Å². The zero-order valence-corrected chi connectivity index (χ0v) is 13.7. The molecule has 2 atom stereocenters.